The fourth-order valence-electron chi connectivity index (χ4n) is 1.38. The van der Waals surface area contributed by atoms with Gasteiger partial charge in [0, 0.05) is 0 Å². The quantitative estimate of drug-likeness (QED) is 0.823. The Labute approximate surface area is 94.1 Å². The zero-order chi connectivity index (χ0) is 12.0. The summed E-state index contributed by atoms with van der Waals surface area (Å²) in [5, 5.41) is 17.5. The highest BCUT2D eigenvalue weighted by molar-refractivity contribution is 5.68. The van der Waals surface area contributed by atoms with Crippen LogP contribution in [0.3, 0.4) is 0 Å². The molecule has 1 aromatic carbocycles. The number of carboxylic acids is 1. The first-order valence-electron chi connectivity index (χ1n) is 5.01. The molecular weight excluding hydrogens is 206 g/mol. The van der Waals surface area contributed by atoms with E-state index in [2.05, 4.69) is 0 Å². The molecule has 0 bridgehead atoms. The van der Waals surface area contributed by atoms with Gasteiger partial charge in [-0.2, -0.15) is 5.26 Å². The molecule has 84 valence electrons. The lowest BCUT2D eigenvalue weighted by atomic mass is 9.97. The minimum absolute atomic E-state index is 0.176. The zero-order valence-electron chi connectivity index (χ0n) is 9.01. The van der Waals surface area contributed by atoms with E-state index in [0.29, 0.717) is 12.2 Å². The maximum atomic E-state index is 10.5. The molecule has 4 heteroatoms. The molecule has 0 radical (unpaired) electrons. The highest BCUT2D eigenvalue weighted by Crippen LogP contribution is 2.21. The van der Waals surface area contributed by atoms with E-state index in [4.69, 9.17) is 15.1 Å². The topological polar surface area (TPSA) is 70.3 Å². The van der Waals surface area contributed by atoms with Crippen LogP contribution in [0.1, 0.15) is 24.8 Å². The molecule has 0 heterocycles. The fourth-order valence-corrected chi connectivity index (χ4v) is 1.38. The molecule has 0 fully saturated rings. The van der Waals surface area contributed by atoms with E-state index in [0.717, 1.165) is 5.75 Å². The van der Waals surface area contributed by atoms with Crippen molar-refractivity contribution in [3.8, 4) is 11.8 Å². The van der Waals surface area contributed by atoms with Crippen LogP contribution in [0, 0.1) is 11.3 Å². The number of nitrogens with zero attached hydrogens (tertiary/aromatic N) is 1. The van der Waals surface area contributed by atoms with Crippen molar-refractivity contribution < 1.29 is 14.6 Å². The van der Waals surface area contributed by atoms with Gasteiger partial charge in [-0.15, -0.1) is 0 Å². The highest BCUT2D eigenvalue weighted by atomic mass is 16.5. The van der Waals surface area contributed by atoms with Gasteiger partial charge in [-0.25, -0.2) is 0 Å². The van der Waals surface area contributed by atoms with Crippen LogP contribution >= 0.6 is 0 Å². The van der Waals surface area contributed by atoms with E-state index in [1.165, 1.54) is 0 Å². The van der Waals surface area contributed by atoms with E-state index in [-0.39, 0.29) is 6.42 Å². The van der Waals surface area contributed by atoms with Gasteiger partial charge < -0.3 is 9.84 Å². The summed E-state index contributed by atoms with van der Waals surface area (Å²) in [5.74, 6) is -0.855. The van der Waals surface area contributed by atoms with Crippen molar-refractivity contribution in [3.05, 3.63) is 29.8 Å². The van der Waals surface area contributed by atoms with Crippen molar-refractivity contribution in [2.75, 3.05) is 6.61 Å². The Hall–Kier alpha value is -2.02. The van der Waals surface area contributed by atoms with Gasteiger partial charge in [0.05, 0.1) is 25.0 Å². The number of aliphatic carboxylic acids is 1. The van der Waals surface area contributed by atoms with Gasteiger partial charge in [-0.3, -0.25) is 4.79 Å². The number of rotatable bonds is 5. The molecule has 0 aliphatic heterocycles. The van der Waals surface area contributed by atoms with Crippen LogP contribution in [0.25, 0.3) is 0 Å². The molecule has 0 saturated heterocycles. The monoisotopic (exact) mass is 219 g/mol. The predicted molar refractivity (Wildman–Crippen MR) is 58.2 cm³/mol. The second-order valence-electron chi connectivity index (χ2n) is 3.28. The van der Waals surface area contributed by atoms with Crippen LogP contribution < -0.4 is 4.74 Å². The minimum Gasteiger partial charge on any atom is -0.494 e. The van der Waals surface area contributed by atoms with Crippen LogP contribution in [0.4, 0.5) is 0 Å². The lowest BCUT2D eigenvalue weighted by molar-refractivity contribution is -0.137. The van der Waals surface area contributed by atoms with Gasteiger partial charge in [0.1, 0.15) is 5.75 Å². The van der Waals surface area contributed by atoms with E-state index in [1.54, 1.807) is 24.3 Å². The van der Waals surface area contributed by atoms with Gasteiger partial charge in [-0.1, -0.05) is 12.1 Å². The van der Waals surface area contributed by atoms with E-state index < -0.39 is 11.9 Å². The first-order valence-corrected chi connectivity index (χ1v) is 5.01. The van der Waals surface area contributed by atoms with Gasteiger partial charge in [0.15, 0.2) is 0 Å². The zero-order valence-corrected chi connectivity index (χ0v) is 9.01. The lowest BCUT2D eigenvalue weighted by Gasteiger charge is -2.08. The number of nitriles is 1. The third-order valence-corrected chi connectivity index (χ3v) is 2.13. The Morgan fingerprint density at radius 3 is 2.56 bits per heavy atom. The molecule has 0 spiro atoms. The SMILES string of the molecule is CCOc1ccc(C(C#N)CC(=O)O)cc1. The Morgan fingerprint density at radius 1 is 1.50 bits per heavy atom. The second kappa shape index (κ2) is 5.76. The first kappa shape index (κ1) is 12.1. The van der Waals surface area contributed by atoms with Crippen LogP contribution in [0.2, 0.25) is 0 Å². The first-order chi connectivity index (χ1) is 7.67. The summed E-state index contributed by atoms with van der Waals surface area (Å²) in [4.78, 5) is 10.5. The maximum Gasteiger partial charge on any atom is 0.305 e. The fraction of sp³-hybridized carbons (Fsp3) is 0.333. The number of carboxylic acid groups (broad SMARTS) is 1. The molecule has 0 saturated carbocycles. The van der Waals surface area contributed by atoms with Crippen molar-refractivity contribution in [3.63, 3.8) is 0 Å². The molecule has 0 aliphatic rings. The molecule has 1 N–H and O–H groups in total. The normalized spacial score (nSPS) is 11.5. The van der Waals surface area contributed by atoms with Crippen molar-refractivity contribution in [2.24, 2.45) is 0 Å². The molecule has 0 aliphatic carbocycles. The number of hydrogen-bond acceptors (Lipinski definition) is 3. The van der Waals surface area contributed by atoms with Gasteiger partial charge in [-0.05, 0) is 24.6 Å². The average Bonchev–Trinajstić information content (AvgIpc) is 2.27. The molecule has 0 aromatic heterocycles. The largest absolute Gasteiger partial charge is 0.494 e. The van der Waals surface area contributed by atoms with Crippen LogP contribution in [-0.2, 0) is 4.79 Å². The van der Waals surface area contributed by atoms with E-state index in [1.807, 2.05) is 13.0 Å². The highest BCUT2D eigenvalue weighted by Gasteiger charge is 2.14. The minimum atomic E-state index is -0.972. The smallest absolute Gasteiger partial charge is 0.305 e. The number of benzene rings is 1. The van der Waals surface area contributed by atoms with Crippen molar-refractivity contribution in [1.82, 2.24) is 0 Å². The number of ether oxygens (including phenoxy) is 1. The third-order valence-electron chi connectivity index (χ3n) is 2.13. The molecular formula is C12H13NO3. The van der Waals surface area contributed by atoms with Crippen LogP contribution in [0.15, 0.2) is 24.3 Å². The summed E-state index contributed by atoms with van der Waals surface area (Å²) < 4.78 is 5.26. The van der Waals surface area contributed by atoms with Gasteiger partial charge >= 0.3 is 5.97 Å². The van der Waals surface area contributed by atoms with Gasteiger partial charge in [0.2, 0.25) is 0 Å². The van der Waals surface area contributed by atoms with Crippen LogP contribution in [-0.4, -0.2) is 17.7 Å². The van der Waals surface area contributed by atoms with Crippen molar-refractivity contribution in [2.45, 2.75) is 19.3 Å². The Balaban J connectivity index is 2.79. The Bertz CT molecular complexity index is 392. The molecule has 1 aromatic rings. The third kappa shape index (κ3) is 3.28. The maximum absolute atomic E-state index is 10.5. The summed E-state index contributed by atoms with van der Waals surface area (Å²) in [6.07, 6.45) is -0.176. The standard InChI is InChI=1S/C12H13NO3/c1-2-16-11-5-3-9(4-6-11)10(8-13)7-12(14)15/h3-6,10H,2,7H2,1H3,(H,14,15). The van der Waals surface area contributed by atoms with Crippen molar-refractivity contribution in [1.29, 1.82) is 5.26 Å². The molecule has 1 rings (SSSR count). The molecule has 16 heavy (non-hydrogen) atoms. The summed E-state index contributed by atoms with van der Waals surface area (Å²) in [6.45, 7) is 2.46. The number of hydrogen-bond donors (Lipinski definition) is 1. The molecule has 1 unspecified atom stereocenters. The summed E-state index contributed by atoms with van der Waals surface area (Å²) >= 11 is 0. The van der Waals surface area contributed by atoms with E-state index >= 15 is 0 Å². The molecule has 1 atom stereocenters. The summed E-state index contributed by atoms with van der Waals surface area (Å²) in [6, 6.07) is 8.91. The van der Waals surface area contributed by atoms with Gasteiger partial charge in [0.25, 0.3) is 0 Å². The lowest BCUT2D eigenvalue weighted by Crippen LogP contribution is -2.04. The summed E-state index contributed by atoms with van der Waals surface area (Å²) in [5.41, 5.74) is 0.702. The second-order valence-corrected chi connectivity index (χ2v) is 3.28. The van der Waals surface area contributed by atoms with E-state index in [9.17, 15) is 4.79 Å². The Kier molecular flexibility index (Phi) is 4.34. The van der Waals surface area contributed by atoms with Crippen molar-refractivity contribution >= 4 is 5.97 Å². The predicted octanol–water partition coefficient (Wildman–Crippen LogP) is 2.17. The molecule has 0 amide bonds. The van der Waals surface area contributed by atoms with Crippen LogP contribution in [0.5, 0.6) is 5.75 Å². The Morgan fingerprint density at radius 2 is 2.12 bits per heavy atom. The summed E-state index contributed by atoms with van der Waals surface area (Å²) in [7, 11) is 0. The molecule has 4 nitrogen and oxygen atoms in total. The average molecular weight is 219 g/mol. The number of carbonyl (C=O) groups is 1.